The summed E-state index contributed by atoms with van der Waals surface area (Å²) in [5.74, 6) is 0.891. The molecular formula is C32H45N3O2. The van der Waals surface area contributed by atoms with E-state index in [1.54, 1.807) is 6.07 Å². The Balaban J connectivity index is 1.34. The summed E-state index contributed by atoms with van der Waals surface area (Å²) < 4.78 is 0. The lowest BCUT2D eigenvalue weighted by molar-refractivity contribution is -0.126. The molecule has 2 bridgehead atoms. The Morgan fingerprint density at radius 2 is 1.84 bits per heavy atom. The van der Waals surface area contributed by atoms with E-state index in [1.807, 2.05) is 12.1 Å². The monoisotopic (exact) mass is 503 g/mol. The molecule has 5 heteroatoms. The van der Waals surface area contributed by atoms with E-state index in [0.29, 0.717) is 24.1 Å². The van der Waals surface area contributed by atoms with E-state index in [0.717, 1.165) is 64.8 Å². The van der Waals surface area contributed by atoms with Crippen LogP contribution in [-0.4, -0.2) is 65.6 Å². The second kappa shape index (κ2) is 12.0. The fourth-order valence-corrected chi connectivity index (χ4v) is 7.57. The molecule has 0 spiro atoms. The SMILES string of the molecule is CC1CN(CCCc2ccccc2)C2CCCC1(c1cccc(O)c1)C2NC(=O)CCN1CCCCC1. The van der Waals surface area contributed by atoms with E-state index in [1.165, 1.54) is 30.4 Å². The molecule has 2 aliphatic heterocycles. The van der Waals surface area contributed by atoms with Crippen molar-refractivity contribution in [3.63, 3.8) is 0 Å². The molecule has 4 unspecified atom stereocenters. The van der Waals surface area contributed by atoms with Crippen molar-refractivity contribution in [2.24, 2.45) is 5.92 Å². The van der Waals surface area contributed by atoms with Gasteiger partial charge in [0.15, 0.2) is 0 Å². The molecule has 200 valence electrons. The summed E-state index contributed by atoms with van der Waals surface area (Å²) in [6.07, 6.45) is 9.94. The Kier molecular flexibility index (Phi) is 8.51. The van der Waals surface area contributed by atoms with Crippen LogP contribution < -0.4 is 5.32 Å². The van der Waals surface area contributed by atoms with Gasteiger partial charge in [-0.3, -0.25) is 9.69 Å². The van der Waals surface area contributed by atoms with Gasteiger partial charge in [0, 0.05) is 31.0 Å². The first kappa shape index (κ1) is 26.2. The predicted octanol–water partition coefficient (Wildman–Crippen LogP) is 5.13. The molecular weight excluding hydrogens is 458 g/mol. The average molecular weight is 504 g/mol. The van der Waals surface area contributed by atoms with Crippen LogP contribution in [0.25, 0.3) is 0 Å². The van der Waals surface area contributed by atoms with Crippen molar-refractivity contribution in [3.8, 4) is 5.75 Å². The molecule has 5 nitrogen and oxygen atoms in total. The Hall–Kier alpha value is -2.37. The molecule has 37 heavy (non-hydrogen) atoms. The quantitative estimate of drug-likeness (QED) is 0.498. The molecule has 2 heterocycles. The van der Waals surface area contributed by atoms with Gasteiger partial charge in [-0.2, -0.15) is 0 Å². The van der Waals surface area contributed by atoms with Crippen molar-refractivity contribution in [2.75, 3.05) is 32.7 Å². The summed E-state index contributed by atoms with van der Waals surface area (Å²) in [5, 5.41) is 14.0. The normalized spacial score (nSPS) is 28.6. The number of carbonyl (C=O) groups is 1. The largest absolute Gasteiger partial charge is 0.508 e. The zero-order valence-electron chi connectivity index (χ0n) is 22.6. The first-order valence-electron chi connectivity index (χ1n) is 14.7. The topological polar surface area (TPSA) is 55.8 Å². The predicted molar refractivity (Wildman–Crippen MR) is 150 cm³/mol. The number of nitrogens with one attached hydrogen (secondary N) is 1. The van der Waals surface area contributed by atoms with Crippen LogP contribution in [0.5, 0.6) is 5.75 Å². The Morgan fingerprint density at radius 3 is 2.62 bits per heavy atom. The van der Waals surface area contributed by atoms with Crippen LogP contribution in [-0.2, 0) is 16.6 Å². The molecule has 0 radical (unpaired) electrons. The van der Waals surface area contributed by atoms with E-state index < -0.39 is 0 Å². The lowest BCUT2D eigenvalue weighted by Crippen LogP contribution is -2.70. The zero-order valence-corrected chi connectivity index (χ0v) is 22.6. The summed E-state index contributed by atoms with van der Waals surface area (Å²) in [4.78, 5) is 18.6. The van der Waals surface area contributed by atoms with E-state index in [4.69, 9.17) is 0 Å². The number of hydrogen-bond donors (Lipinski definition) is 2. The standard InChI is InChI=1S/C32H45N3O2/c1-25-24-35(21-10-13-26-11-4-2-5-12-26)29-16-9-18-32(25,27-14-8-15-28(36)23-27)31(29)33-30(37)17-22-34-19-6-3-7-20-34/h2,4-5,8,11-12,14-15,23,25,29,31,36H,3,6-7,9-10,13,16-22,24H2,1H3,(H,33,37). The Morgan fingerprint density at radius 1 is 1.03 bits per heavy atom. The number of hydrogen-bond acceptors (Lipinski definition) is 4. The van der Waals surface area contributed by atoms with Gasteiger partial charge in [-0.15, -0.1) is 0 Å². The van der Waals surface area contributed by atoms with Crippen LogP contribution >= 0.6 is 0 Å². The number of rotatable bonds is 9. The molecule has 2 aromatic rings. The minimum absolute atomic E-state index is 0.0670. The number of nitrogens with zero attached hydrogens (tertiary/aromatic N) is 2. The van der Waals surface area contributed by atoms with Gasteiger partial charge in [-0.25, -0.2) is 0 Å². The van der Waals surface area contributed by atoms with Crippen molar-refractivity contribution >= 4 is 5.91 Å². The highest BCUT2D eigenvalue weighted by Gasteiger charge is 2.55. The van der Waals surface area contributed by atoms with Crippen LogP contribution in [0.4, 0.5) is 0 Å². The number of phenolic OH excluding ortho intramolecular Hbond substituents is 1. The molecule has 0 aromatic heterocycles. The second-order valence-electron chi connectivity index (χ2n) is 11.7. The first-order valence-corrected chi connectivity index (χ1v) is 14.7. The van der Waals surface area contributed by atoms with Crippen molar-refractivity contribution < 1.29 is 9.90 Å². The number of aryl methyl sites for hydroxylation is 1. The van der Waals surface area contributed by atoms with Gasteiger partial charge >= 0.3 is 0 Å². The van der Waals surface area contributed by atoms with Crippen molar-refractivity contribution in [1.29, 1.82) is 0 Å². The van der Waals surface area contributed by atoms with Crippen LogP contribution in [0, 0.1) is 5.92 Å². The van der Waals surface area contributed by atoms with Gasteiger partial charge in [-0.05, 0) is 87.3 Å². The Labute approximate surface area is 223 Å². The minimum atomic E-state index is -0.141. The van der Waals surface area contributed by atoms with Crippen molar-refractivity contribution in [3.05, 3.63) is 65.7 Å². The average Bonchev–Trinajstić information content (AvgIpc) is 2.92. The van der Waals surface area contributed by atoms with E-state index in [2.05, 4.69) is 58.4 Å². The zero-order chi connectivity index (χ0) is 25.7. The van der Waals surface area contributed by atoms with Gasteiger partial charge in [-0.1, -0.05) is 62.2 Å². The number of piperidine rings is 2. The van der Waals surface area contributed by atoms with Crippen LogP contribution in [0.3, 0.4) is 0 Å². The number of carbonyl (C=O) groups excluding carboxylic acids is 1. The van der Waals surface area contributed by atoms with Gasteiger partial charge in [0.25, 0.3) is 0 Å². The third-order valence-electron chi connectivity index (χ3n) is 9.44. The maximum Gasteiger partial charge on any atom is 0.221 e. The second-order valence-corrected chi connectivity index (χ2v) is 11.7. The number of amides is 1. The Bertz CT molecular complexity index is 1020. The van der Waals surface area contributed by atoms with E-state index in [9.17, 15) is 9.90 Å². The van der Waals surface area contributed by atoms with E-state index in [-0.39, 0.29) is 17.4 Å². The highest BCUT2D eigenvalue weighted by atomic mass is 16.3. The van der Waals surface area contributed by atoms with Gasteiger partial charge in [0.1, 0.15) is 5.75 Å². The lowest BCUT2D eigenvalue weighted by Gasteiger charge is -2.60. The van der Waals surface area contributed by atoms with Gasteiger partial charge < -0.3 is 15.3 Å². The minimum Gasteiger partial charge on any atom is -0.508 e. The van der Waals surface area contributed by atoms with Crippen LogP contribution in [0.15, 0.2) is 54.6 Å². The molecule has 1 amide bonds. The third kappa shape index (κ3) is 5.88. The summed E-state index contributed by atoms with van der Waals surface area (Å²) in [5.41, 5.74) is 2.45. The number of phenols is 1. The summed E-state index contributed by atoms with van der Waals surface area (Å²) in [6.45, 7) is 7.56. The number of likely N-dealkylation sites (tertiary alicyclic amines) is 2. The highest BCUT2D eigenvalue weighted by molar-refractivity contribution is 5.77. The molecule has 2 saturated heterocycles. The summed E-state index contributed by atoms with van der Waals surface area (Å²) >= 11 is 0. The fraction of sp³-hybridized carbons (Fsp3) is 0.594. The molecule has 2 N–H and O–H groups in total. The van der Waals surface area contributed by atoms with E-state index >= 15 is 0 Å². The summed E-state index contributed by atoms with van der Waals surface area (Å²) in [7, 11) is 0. The number of aromatic hydroxyl groups is 1. The van der Waals surface area contributed by atoms with Crippen molar-refractivity contribution in [1.82, 2.24) is 15.1 Å². The number of benzene rings is 2. The highest BCUT2D eigenvalue weighted by Crippen LogP contribution is 2.50. The third-order valence-corrected chi connectivity index (χ3v) is 9.44. The summed E-state index contributed by atoms with van der Waals surface area (Å²) in [6, 6.07) is 19.0. The van der Waals surface area contributed by atoms with Crippen LogP contribution in [0.2, 0.25) is 0 Å². The van der Waals surface area contributed by atoms with Crippen LogP contribution in [0.1, 0.15) is 69.4 Å². The molecule has 1 aliphatic carbocycles. The fourth-order valence-electron chi connectivity index (χ4n) is 7.57. The maximum absolute atomic E-state index is 13.4. The number of fused-ring (bicyclic) bond motifs is 2. The molecule has 5 rings (SSSR count). The van der Waals surface area contributed by atoms with Gasteiger partial charge in [0.2, 0.25) is 5.91 Å². The maximum atomic E-state index is 13.4. The lowest BCUT2D eigenvalue weighted by atomic mass is 9.55. The van der Waals surface area contributed by atoms with Gasteiger partial charge in [0.05, 0.1) is 6.04 Å². The smallest absolute Gasteiger partial charge is 0.221 e. The molecule has 3 fully saturated rings. The van der Waals surface area contributed by atoms with Crippen molar-refractivity contribution in [2.45, 2.75) is 82.2 Å². The molecule has 2 aromatic carbocycles. The molecule has 3 aliphatic rings. The molecule has 1 saturated carbocycles. The molecule has 4 atom stereocenters. The first-order chi connectivity index (χ1) is 18.1.